The molecule has 0 bridgehead atoms. The number of hydrogen-bond donors (Lipinski definition) is 0. The molecule has 0 aromatic carbocycles. The van der Waals surface area contributed by atoms with E-state index >= 15 is 0 Å². The van der Waals surface area contributed by atoms with E-state index in [1.807, 2.05) is 0 Å². The first-order valence-electron chi connectivity index (χ1n) is 3.26. The minimum atomic E-state index is -0.811. The van der Waals surface area contributed by atoms with E-state index < -0.39 is 6.30 Å². The topological polar surface area (TPSA) is 12.5 Å². The Morgan fingerprint density at radius 1 is 1.44 bits per heavy atom. The molecule has 3 heteroatoms. The summed E-state index contributed by atoms with van der Waals surface area (Å²) >= 11 is 0. The molecule has 1 saturated heterocycles. The van der Waals surface area contributed by atoms with Crippen molar-refractivity contribution in [3.63, 3.8) is 0 Å². The summed E-state index contributed by atoms with van der Waals surface area (Å²) in [5.74, 6) is 0. The van der Waals surface area contributed by atoms with Gasteiger partial charge >= 0.3 is 0 Å². The minimum Gasteiger partial charge on any atom is -0.379 e. The SMILES string of the molecule is C[C@H](F)N1CCOCC1. The van der Waals surface area contributed by atoms with Crippen molar-refractivity contribution in [1.29, 1.82) is 0 Å². The van der Waals surface area contributed by atoms with Gasteiger partial charge in [0, 0.05) is 13.1 Å². The lowest BCUT2D eigenvalue weighted by atomic mass is 10.4. The normalized spacial score (nSPS) is 26.0. The van der Waals surface area contributed by atoms with Crippen molar-refractivity contribution in [2.75, 3.05) is 26.3 Å². The second-order valence-corrected chi connectivity index (χ2v) is 2.22. The quantitative estimate of drug-likeness (QED) is 0.486. The molecule has 9 heavy (non-hydrogen) atoms. The van der Waals surface area contributed by atoms with Gasteiger partial charge in [-0.2, -0.15) is 0 Å². The third-order valence-corrected chi connectivity index (χ3v) is 1.55. The van der Waals surface area contributed by atoms with Crippen LogP contribution in [0.2, 0.25) is 0 Å². The number of ether oxygens (including phenoxy) is 1. The van der Waals surface area contributed by atoms with Crippen molar-refractivity contribution in [2.45, 2.75) is 13.2 Å². The number of halogens is 1. The average molecular weight is 133 g/mol. The molecule has 1 atom stereocenters. The van der Waals surface area contributed by atoms with Gasteiger partial charge in [-0.1, -0.05) is 0 Å². The first kappa shape index (κ1) is 6.96. The van der Waals surface area contributed by atoms with E-state index in [1.54, 1.807) is 11.8 Å². The van der Waals surface area contributed by atoms with Crippen molar-refractivity contribution in [2.24, 2.45) is 0 Å². The van der Waals surface area contributed by atoms with Crippen LogP contribution in [-0.2, 0) is 4.74 Å². The predicted molar refractivity (Wildman–Crippen MR) is 33.0 cm³/mol. The minimum absolute atomic E-state index is 0.675. The number of nitrogens with zero attached hydrogens (tertiary/aromatic N) is 1. The summed E-state index contributed by atoms with van der Waals surface area (Å²) in [5, 5.41) is 0. The van der Waals surface area contributed by atoms with Gasteiger partial charge in [-0.3, -0.25) is 4.90 Å². The molecule has 54 valence electrons. The summed E-state index contributed by atoms with van der Waals surface area (Å²) in [4.78, 5) is 1.77. The van der Waals surface area contributed by atoms with E-state index in [0.29, 0.717) is 13.2 Å². The third kappa shape index (κ3) is 1.91. The average Bonchev–Trinajstić information content (AvgIpc) is 1.90. The zero-order chi connectivity index (χ0) is 6.69. The van der Waals surface area contributed by atoms with Crippen LogP contribution in [0.4, 0.5) is 4.39 Å². The van der Waals surface area contributed by atoms with Crippen molar-refractivity contribution < 1.29 is 9.13 Å². The van der Waals surface area contributed by atoms with Crippen LogP contribution in [0, 0.1) is 0 Å². The Morgan fingerprint density at radius 3 is 2.33 bits per heavy atom. The highest BCUT2D eigenvalue weighted by Crippen LogP contribution is 2.02. The second kappa shape index (κ2) is 3.13. The molecule has 1 fully saturated rings. The summed E-state index contributed by atoms with van der Waals surface area (Å²) in [6.07, 6.45) is -0.811. The lowest BCUT2D eigenvalue weighted by Crippen LogP contribution is -2.40. The van der Waals surface area contributed by atoms with Crippen LogP contribution in [0.15, 0.2) is 0 Å². The molecular weight excluding hydrogens is 121 g/mol. The predicted octanol–water partition coefficient (Wildman–Crippen LogP) is 0.634. The first-order chi connectivity index (χ1) is 4.30. The second-order valence-electron chi connectivity index (χ2n) is 2.22. The number of hydrogen-bond acceptors (Lipinski definition) is 2. The molecule has 1 heterocycles. The maximum absolute atomic E-state index is 12.5. The molecule has 0 saturated carbocycles. The first-order valence-corrected chi connectivity index (χ1v) is 3.26. The molecular formula is C6H12FNO. The van der Waals surface area contributed by atoms with Crippen molar-refractivity contribution in [3.8, 4) is 0 Å². The Hall–Kier alpha value is -0.150. The highest BCUT2D eigenvalue weighted by Gasteiger charge is 2.14. The van der Waals surface area contributed by atoms with E-state index in [4.69, 9.17) is 4.74 Å². The Labute approximate surface area is 54.6 Å². The fourth-order valence-electron chi connectivity index (χ4n) is 0.933. The van der Waals surface area contributed by atoms with E-state index in [0.717, 1.165) is 13.1 Å². The summed E-state index contributed by atoms with van der Waals surface area (Å²) in [7, 11) is 0. The van der Waals surface area contributed by atoms with Gasteiger partial charge in [0.1, 0.15) is 0 Å². The molecule has 0 N–H and O–H groups in total. The van der Waals surface area contributed by atoms with Crippen molar-refractivity contribution in [1.82, 2.24) is 4.90 Å². The van der Waals surface area contributed by atoms with E-state index in [2.05, 4.69) is 0 Å². The molecule has 2 nitrogen and oxygen atoms in total. The van der Waals surface area contributed by atoms with Gasteiger partial charge in [0.2, 0.25) is 0 Å². The lowest BCUT2D eigenvalue weighted by Gasteiger charge is -2.27. The molecule has 0 radical (unpaired) electrons. The van der Waals surface area contributed by atoms with Gasteiger partial charge in [-0.05, 0) is 6.92 Å². The van der Waals surface area contributed by atoms with Crippen LogP contribution in [0.3, 0.4) is 0 Å². The molecule has 0 spiro atoms. The Bertz CT molecular complexity index is 81.1. The maximum Gasteiger partial charge on any atom is 0.150 e. The van der Waals surface area contributed by atoms with Crippen molar-refractivity contribution in [3.05, 3.63) is 0 Å². The molecule has 1 aliphatic heterocycles. The molecule has 1 aliphatic rings. The summed E-state index contributed by atoms with van der Waals surface area (Å²) < 4.78 is 17.5. The Morgan fingerprint density at radius 2 is 2.00 bits per heavy atom. The monoisotopic (exact) mass is 133 g/mol. The van der Waals surface area contributed by atoms with Crippen LogP contribution >= 0.6 is 0 Å². The van der Waals surface area contributed by atoms with Gasteiger partial charge in [0.15, 0.2) is 6.30 Å². The Kier molecular flexibility index (Phi) is 2.42. The van der Waals surface area contributed by atoms with Gasteiger partial charge in [-0.25, -0.2) is 4.39 Å². The van der Waals surface area contributed by atoms with Crippen LogP contribution in [0.5, 0.6) is 0 Å². The number of rotatable bonds is 1. The standard InChI is InChI=1S/C6H12FNO/c1-6(7)8-2-4-9-5-3-8/h6H,2-5H2,1H3/t6-/m1/s1. The Balaban J connectivity index is 2.23. The summed E-state index contributed by atoms with van der Waals surface area (Å²) in [6.45, 7) is 4.38. The summed E-state index contributed by atoms with van der Waals surface area (Å²) in [5.41, 5.74) is 0. The number of alkyl halides is 1. The zero-order valence-corrected chi connectivity index (χ0v) is 5.64. The molecule has 0 aromatic rings. The van der Waals surface area contributed by atoms with Crippen molar-refractivity contribution >= 4 is 0 Å². The molecule has 0 aliphatic carbocycles. The van der Waals surface area contributed by atoms with Gasteiger partial charge < -0.3 is 4.74 Å². The summed E-state index contributed by atoms with van der Waals surface area (Å²) in [6, 6.07) is 0. The van der Waals surface area contributed by atoms with Gasteiger partial charge in [0.25, 0.3) is 0 Å². The number of morpholine rings is 1. The zero-order valence-electron chi connectivity index (χ0n) is 5.64. The van der Waals surface area contributed by atoms with Crippen LogP contribution in [-0.4, -0.2) is 37.5 Å². The van der Waals surface area contributed by atoms with Gasteiger partial charge in [0.05, 0.1) is 13.2 Å². The highest BCUT2D eigenvalue weighted by molar-refractivity contribution is 4.61. The maximum atomic E-state index is 12.5. The van der Waals surface area contributed by atoms with Crippen LogP contribution in [0.25, 0.3) is 0 Å². The third-order valence-electron chi connectivity index (χ3n) is 1.55. The fourth-order valence-corrected chi connectivity index (χ4v) is 0.933. The van der Waals surface area contributed by atoms with Crippen LogP contribution < -0.4 is 0 Å². The lowest BCUT2D eigenvalue weighted by molar-refractivity contribution is -0.0135. The van der Waals surface area contributed by atoms with E-state index in [1.165, 1.54) is 0 Å². The molecule has 1 rings (SSSR count). The fraction of sp³-hybridized carbons (Fsp3) is 1.00. The molecule has 0 aromatic heterocycles. The van der Waals surface area contributed by atoms with Crippen LogP contribution in [0.1, 0.15) is 6.92 Å². The smallest absolute Gasteiger partial charge is 0.150 e. The highest BCUT2D eigenvalue weighted by atomic mass is 19.1. The molecule has 0 amide bonds. The van der Waals surface area contributed by atoms with Gasteiger partial charge in [-0.15, -0.1) is 0 Å². The molecule has 0 unspecified atom stereocenters. The largest absolute Gasteiger partial charge is 0.379 e. The van der Waals surface area contributed by atoms with E-state index in [-0.39, 0.29) is 0 Å². The van der Waals surface area contributed by atoms with E-state index in [9.17, 15) is 4.39 Å².